The Morgan fingerprint density at radius 3 is 2.45 bits per heavy atom. The maximum Gasteiger partial charge on any atom is 0.366 e. The maximum atomic E-state index is 14.5. The van der Waals surface area contributed by atoms with Gasteiger partial charge in [0.2, 0.25) is 0 Å². The molecule has 2 aliphatic rings. The Bertz CT molecular complexity index is 561. The third-order valence-electron chi connectivity index (χ3n) is 6.92. The minimum absolute atomic E-state index is 0.00698. The molecule has 29 heavy (non-hydrogen) atoms. The van der Waals surface area contributed by atoms with Gasteiger partial charge in [-0.1, -0.05) is 57.6 Å². The Hall–Kier alpha value is -1.01. The van der Waals surface area contributed by atoms with E-state index in [0.29, 0.717) is 19.3 Å². The molecule has 0 amide bonds. The number of carbonyl (C=O) groups excluding carboxylic acids is 1. The normalized spacial score (nSPS) is 27.9. The van der Waals surface area contributed by atoms with E-state index in [0.717, 1.165) is 25.7 Å². The standard InChI is InChI=1S/C23H38F2O4/c1-3-5-6-7-8-11-16-21-18(14-15-19(21)23(21,24)25)13-10-9-12-17-22(27,28)20(26)29-4-2/h9-10,18-19,27-28H,3-8,11-17H2,1-2H3/t18-,19+,21-/m0/s1. The minimum Gasteiger partial charge on any atom is -0.462 e. The van der Waals surface area contributed by atoms with E-state index in [1.807, 2.05) is 6.08 Å². The lowest BCUT2D eigenvalue weighted by Gasteiger charge is -2.24. The van der Waals surface area contributed by atoms with Gasteiger partial charge >= 0.3 is 5.97 Å². The van der Waals surface area contributed by atoms with Gasteiger partial charge in [0.05, 0.1) is 6.61 Å². The van der Waals surface area contributed by atoms with Crippen molar-refractivity contribution in [2.75, 3.05) is 6.61 Å². The fourth-order valence-corrected chi connectivity index (χ4v) is 5.26. The van der Waals surface area contributed by atoms with Crippen molar-refractivity contribution in [1.29, 1.82) is 0 Å². The number of fused-ring (bicyclic) bond motifs is 1. The van der Waals surface area contributed by atoms with Crippen LogP contribution >= 0.6 is 0 Å². The average molecular weight is 417 g/mol. The Kier molecular flexibility index (Phi) is 8.65. The van der Waals surface area contributed by atoms with Gasteiger partial charge in [-0.05, 0) is 44.9 Å². The van der Waals surface area contributed by atoms with Crippen molar-refractivity contribution in [3.63, 3.8) is 0 Å². The van der Waals surface area contributed by atoms with E-state index in [-0.39, 0.29) is 25.4 Å². The first kappa shape index (κ1) is 24.3. The number of hydrogen-bond donors (Lipinski definition) is 2. The highest BCUT2D eigenvalue weighted by Gasteiger charge is 2.83. The van der Waals surface area contributed by atoms with Crippen LogP contribution in [0.2, 0.25) is 0 Å². The summed E-state index contributed by atoms with van der Waals surface area (Å²) in [5.41, 5.74) is -0.815. The van der Waals surface area contributed by atoms with Crippen LogP contribution in [0.1, 0.15) is 90.9 Å². The van der Waals surface area contributed by atoms with E-state index in [2.05, 4.69) is 11.7 Å². The van der Waals surface area contributed by atoms with Crippen molar-refractivity contribution < 1.29 is 28.5 Å². The number of ether oxygens (including phenoxy) is 1. The van der Waals surface area contributed by atoms with Crippen LogP contribution in [0.4, 0.5) is 8.78 Å². The van der Waals surface area contributed by atoms with Crippen LogP contribution in [0, 0.1) is 17.3 Å². The molecule has 3 atom stereocenters. The molecule has 2 N–H and O–H groups in total. The van der Waals surface area contributed by atoms with Gasteiger partial charge in [0.25, 0.3) is 11.7 Å². The van der Waals surface area contributed by atoms with Crippen LogP contribution in [0.5, 0.6) is 0 Å². The molecule has 2 aliphatic carbocycles. The summed E-state index contributed by atoms with van der Waals surface area (Å²) in [6.45, 7) is 3.84. The number of alkyl halides is 2. The predicted octanol–water partition coefficient (Wildman–Crippen LogP) is 5.37. The fraction of sp³-hybridized carbons (Fsp3) is 0.870. The molecule has 0 saturated heterocycles. The van der Waals surface area contributed by atoms with E-state index in [4.69, 9.17) is 0 Å². The fourth-order valence-electron chi connectivity index (χ4n) is 5.26. The Morgan fingerprint density at radius 2 is 1.79 bits per heavy atom. The molecule has 0 heterocycles. The van der Waals surface area contributed by atoms with Gasteiger partial charge in [-0.15, -0.1) is 0 Å². The molecule has 0 bridgehead atoms. The Morgan fingerprint density at radius 1 is 1.10 bits per heavy atom. The zero-order chi connectivity index (χ0) is 21.5. The number of esters is 1. The van der Waals surface area contributed by atoms with Gasteiger partial charge in [0.1, 0.15) is 0 Å². The molecule has 4 nitrogen and oxygen atoms in total. The van der Waals surface area contributed by atoms with Crippen LogP contribution in [-0.2, 0) is 9.53 Å². The van der Waals surface area contributed by atoms with Crippen LogP contribution in [-0.4, -0.2) is 34.5 Å². The predicted molar refractivity (Wildman–Crippen MR) is 108 cm³/mol. The maximum absolute atomic E-state index is 14.5. The SMILES string of the molecule is CCCCCCCC[C@]12[C@@H](CC=CCCC(O)(O)C(=O)OCC)CC[C@H]1C2(F)F. The van der Waals surface area contributed by atoms with Gasteiger partial charge in [-0.2, -0.15) is 0 Å². The second kappa shape index (κ2) is 10.3. The highest BCUT2D eigenvalue weighted by atomic mass is 19.3. The minimum atomic E-state index is -2.53. The number of allylic oxidation sites excluding steroid dienone is 2. The molecule has 0 aromatic rings. The van der Waals surface area contributed by atoms with Gasteiger partial charge in [-0.3, -0.25) is 0 Å². The smallest absolute Gasteiger partial charge is 0.366 e. The average Bonchev–Trinajstić information content (AvgIpc) is 2.95. The molecular formula is C23H38F2O4. The van der Waals surface area contributed by atoms with Gasteiger partial charge in [0, 0.05) is 17.8 Å². The van der Waals surface area contributed by atoms with Crippen molar-refractivity contribution in [3.05, 3.63) is 12.2 Å². The molecule has 0 spiro atoms. The van der Waals surface area contributed by atoms with Crippen LogP contribution in [0.3, 0.4) is 0 Å². The van der Waals surface area contributed by atoms with E-state index in [1.54, 1.807) is 13.0 Å². The highest BCUT2D eigenvalue weighted by molar-refractivity contribution is 5.77. The summed E-state index contributed by atoms with van der Waals surface area (Å²) in [5.74, 6) is -6.53. The molecular weight excluding hydrogens is 378 g/mol. The van der Waals surface area contributed by atoms with Gasteiger partial charge < -0.3 is 14.9 Å². The number of rotatable bonds is 14. The molecule has 0 unspecified atom stereocenters. The molecule has 0 aromatic heterocycles. The topological polar surface area (TPSA) is 66.8 Å². The van der Waals surface area contributed by atoms with Gasteiger partial charge in [-0.25, -0.2) is 13.6 Å². The molecule has 2 rings (SSSR count). The third-order valence-corrected chi connectivity index (χ3v) is 6.92. The van der Waals surface area contributed by atoms with Crippen LogP contribution in [0.15, 0.2) is 12.2 Å². The van der Waals surface area contributed by atoms with Gasteiger partial charge in [0.15, 0.2) is 0 Å². The van der Waals surface area contributed by atoms with Crippen molar-refractivity contribution in [3.8, 4) is 0 Å². The zero-order valence-electron chi connectivity index (χ0n) is 18.0. The molecule has 6 heteroatoms. The molecule has 168 valence electrons. The number of unbranched alkanes of at least 4 members (excludes halogenated alkanes) is 5. The first-order valence-electron chi connectivity index (χ1n) is 11.4. The van der Waals surface area contributed by atoms with E-state index < -0.39 is 29.0 Å². The summed E-state index contributed by atoms with van der Waals surface area (Å²) in [5, 5.41) is 19.4. The van der Waals surface area contributed by atoms with Crippen molar-refractivity contribution in [2.24, 2.45) is 17.3 Å². The van der Waals surface area contributed by atoms with E-state index >= 15 is 0 Å². The molecule has 0 aromatic carbocycles. The first-order valence-corrected chi connectivity index (χ1v) is 11.4. The van der Waals surface area contributed by atoms with Crippen molar-refractivity contribution >= 4 is 5.97 Å². The summed E-state index contributed by atoms with van der Waals surface area (Å²) in [4.78, 5) is 11.5. The number of aliphatic hydroxyl groups is 2. The van der Waals surface area contributed by atoms with E-state index in [1.165, 1.54) is 19.3 Å². The summed E-state index contributed by atoms with van der Waals surface area (Å²) in [6.07, 6.45) is 13.0. The van der Waals surface area contributed by atoms with Crippen LogP contribution in [0.25, 0.3) is 0 Å². The molecule has 2 saturated carbocycles. The largest absolute Gasteiger partial charge is 0.462 e. The lowest BCUT2D eigenvalue weighted by molar-refractivity contribution is -0.210. The number of hydrogen-bond acceptors (Lipinski definition) is 4. The lowest BCUT2D eigenvalue weighted by atomic mass is 9.82. The lowest BCUT2D eigenvalue weighted by Crippen LogP contribution is -2.39. The first-order chi connectivity index (χ1) is 13.7. The summed E-state index contributed by atoms with van der Waals surface area (Å²) < 4.78 is 33.7. The van der Waals surface area contributed by atoms with Crippen molar-refractivity contribution in [2.45, 2.75) is 103 Å². The number of halogens is 2. The second-order valence-corrected chi connectivity index (χ2v) is 8.79. The summed E-state index contributed by atoms with van der Waals surface area (Å²) in [7, 11) is 0. The zero-order valence-corrected chi connectivity index (χ0v) is 18.0. The molecule has 0 radical (unpaired) electrons. The highest BCUT2D eigenvalue weighted by Crippen LogP contribution is 2.78. The van der Waals surface area contributed by atoms with Crippen LogP contribution < -0.4 is 0 Å². The quantitative estimate of drug-likeness (QED) is 0.173. The molecule has 0 aliphatic heterocycles. The third kappa shape index (κ3) is 5.38. The van der Waals surface area contributed by atoms with E-state index in [9.17, 15) is 23.8 Å². The second-order valence-electron chi connectivity index (χ2n) is 8.79. The summed E-state index contributed by atoms with van der Waals surface area (Å²) in [6, 6.07) is 0. The number of carbonyl (C=O) groups is 1. The Labute approximate surface area is 173 Å². The monoisotopic (exact) mass is 416 g/mol. The molecule has 2 fully saturated rings. The Balaban J connectivity index is 1.79. The summed E-state index contributed by atoms with van der Waals surface area (Å²) >= 11 is 0. The van der Waals surface area contributed by atoms with Crippen molar-refractivity contribution in [1.82, 2.24) is 0 Å².